The quantitative estimate of drug-likeness (QED) is 0.648. The van der Waals surface area contributed by atoms with E-state index >= 15 is 0 Å². The van der Waals surface area contributed by atoms with Gasteiger partial charge >= 0.3 is 6.18 Å². The third-order valence-corrected chi connectivity index (χ3v) is 2.81. The molecule has 0 radical (unpaired) electrons. The second-order valence-corrected chi connectivity index (χ2v) is 4.46. The Morgan fingerprint density at radius 2 is 1.70 bits per heavy atom. The van der Waals surface area contributed by atoms with Gasteiger partial charge in [-0.1, -0.05) is 41.9 Å². The number of nitrogens with two attached hydrogens (primary N) is 1. The lowest BCUT2D eigenvalue weighted by Crippen LogP contribution is -2.13. The van der Waals surface area contributed by atoms with E-state index in [1.165, 1.54) is 12.1 Å². The molecule has 0 amide bonds. The number of halogens is 4. The van der Waals surface area contributed by atoms with Crippen LogP contribution < -0.4 is 5.73 Å². The summed E-state index contributed by atoms with van der Waals surface area (Å²) in [5.41, 5.74) is 5.10. The van der Waals surface area contributed by atoms with E-state index in [4.69, 9.17) is 17.3 Å². The third kappa shape index (κ3) is 3.30. The lowest BCUT2D eigenvalue weighted by atomic mass is 10.1. The molecule has 2 N–H and O–H groups in total. The Bertz CT molecular complexity index is 637. The van der Waals surface area contributed by atoms with Crippen LogP contribution in [0.25, 0.3) is 0 Å². The van der Waals surface area contributed by atoms with Gasteiger partial charge in [-0.3, -0.25) is 0 Å². The lowest BCUT2D eigenvalue weighted by Gasteiger charge is -2.11. The number of nitrogens with zero attached hydrogens (tertiary/aromatic N) is 1. The third-order valence-electron chi connectivity index (χ3n) is 2.57. The van der Waals surface area contributed by atoms with E-state index in [2.05, 4.69) is 4.99 Å². The molecule has 2 aromatic carbocycles. The molecule has 0 saturated carbocycles. The maximum absolute atomic E-state index is 12.9. The zero-order valence-corrected chi connectivity index (χ0v) is 10.9. The van der Waals surface area contributed by atoms with Crippen LogP contribution in [0.1, 0.15) is 11.1 Å². The topological polar surface area (TPSA) is 38.4 Å². The van der Waals surface area contributed by atoms with Gasteiger partial charge in [0.1, 0.15) is 5.84 Å². The molecule has 0 aliphatic heterocycles. The largest absolute Gasteiger partial charge is 0.418 e. The minimum Gasteiger partial charge on any atom is -0.383 e. The number of benzene rings is 2. The summed E-state index contributed by atoms with van der Waals surface area (Å²) >= 11 is 5.60. The Morgan fingerprint density at radius 1 is 1.05 bits per heavy atom. The molecule has 2 nitrogen and oxygen atoms in total. The van der Waals surface area contributed by atoms with E-state index in [0.29, 0.717) is 5.56 Å². The van der Waals surface area contributed by atoms with Crippen LogP contribution in [-0.4, -0.2) is 5.84 Å². The molecule has 0 unspecified atom stereocenters. The summed E-state index contributed by atoms with van der Waals surface area (Å²) in [7, 11) is 0. The van der Waals surface area contributed by atoms with Crippen LogP contribution in [0.3, 0.4) is 0 Å². The molecule has 0 spiro atoms. The predicted octanol–water partition coefficient (Wildman–Crippen LogP) is 4.40. The first-order valence-electron chi connectivity index (χ1n) is 5.64. The van der Waals surface area contributed by atoms with Gasteiger partial charge in [-0.25, -0.2) is 4.99 Å². The van der Waals surface area contributed by atoms with E-state index in [0.717, 1.165) is 6.07 Å². The zero-order valence-electron chi connectivity index (χ0n) is 10.2. The van der Waals surface area contributed by atoms with Crippen LogP contribution in [0.4, 0.5) is 18.9 Å². The van der Waals surface area contributed by atoms with E-state index in [1.54, 1.807) is 30.3 Å². The van der Waals surface area contributed by atoms with Gasteiger partial charge in [0.2, 0.25) is 0 Å². The maximum atomic E-state index is 12.9. The highest BCUT2D eigenvalue weighted by Crippen LogP contribution is 2.37. The van der Waals surface area contributed by atoms with Gasteiger partial charge in [-0.05, 0) is 18.2 Å². The Hall–Kier alpha value is -2.01. The van der Waals surface area contributed by atoms with Crippen molar-refractivity contribution in [1.82, 2.24) is 0 Å². The molecule has 2 aromatic rings. The fourth-order valence-corrected chi connectivity index (χ4v) is 1.81. The standard InChI is InChI=1S/C14H10ClF3N2/c15-10-6-7-12(11(8-10)14(16,17)18)20-13(19)9-4-2-1-3-5-9/h1-8H,(H2,19,20). The van der Waals surface area contributed by atoms with Gasteiger partial charge in [0.15, 0.2) is 0 Å². The molecule has 0 saturated heterocycles. The average Bonchev–Trinajstić information content (AvgIpc) is 2.40. The van der Waals surface area contributed by atoms with Gasteiger partial charge in [0, 0.05) is 10.6 Å². The molecule has 0 heterocycles. The smallest absolute Gasteiger partial charge is 0.383 e. The molecule has 0 fully saturated rings. The summed E-state index contributed by atoms with van der Waals surface area (Å²) in [5.74, 6) is 0.0124. The molecule has 0 aliphatic rings. The summed E-state index contributed by atoms with van der Waals surface area (Å²) in [5, 5.41) is -0.00504. The number of aliphatic imine (C=N–C) groups is 1. The van der Waals surface area contributed by atoms with Crippen molar-refractivity contribution in [1.29, 1.82) is 0 Å². The van der Waals surface area contributed by atoms with Crippen molar-refractivity contribution in [3.8, 4) is 0 Å². The Kier molecular flexibility index (Phi) is 3.99. The van der Waals surface area contributed by atoms with Gasteiger partial charge in [0.05, 0.1) is 11.3 Å². The van der Waals surface area contributed by atoms with Crippen molar-refractivity contribution in [3.63, 3.8) is 0 Å². The summed E-state index contributed by atoms with van der Waals surface area (Å²) in [4.78, 5) is 3.85. The molecule has 2 rings (SSSR count). The van der Waals surface area contributed by atoms with Crippen LogP contribution in [0.2, 0.25) is 5.02 Å². The van der Waals surface area contributed by atoms with Gasteiger partial charge in [-0.2, -0.15) is 13.2 Å². The molecule has 104 valence electrons. The average molecular weight is 299 g/mol. The molecule has 0 atom stereocenters. The van der Waals surface area contributed by atoms with Crippen molar-refractivity contribution < 1.29 is 13.2 Å². The second-order valence-electron chi connectivity index (χ2n) is 4.02. The molecule has 0 bridgehead atoms. The normalized spacial score (nSPS) is 12.5. The molecule has 0 aromatic heterocycles. The SMILES string of the molecule is NC(=Nc1ccc(Cl)cc1C(F)(F)F)c1ccccc1. The Labute approximate surface area is 118 Å². The van der Waals surface area contributed by atoms with E-state index < -0.39 is 11.7 Å². The summed E-state index contributed by atoms with van der Waals surface area (Å²) in [6.45, 7) is 0. The molecule has 0 aliphatic carbocycles. The molecule has 6 heteroatoms. The van der Waals surface area contributed by atoms with Crippen LogP contribution in [-0.2, 0) is 6.18 Å². The van der Waals surface area contributed by atoms with Crippen LogP contribution in [0.15, 0.2) is 53.5 Å². The van der Waals surface area contributed by atoms with Gasteiger partial charge in [0.25, 0.3) is 0 Å². The fraction of sp³-hybridized carbons (Fsp3) is 0.0714. The van der Waals surface area contributed by atoms with Crippen molar-refractivity contribution in [2.45, 2.75) is 6.18 Å². The van der Waals surface area contributed by atoms with Crippen LogP contribution in [0.5, 0.6) is 0 Å². The van der Waals surface area contributed by atoms with E-state index in [-0.39, 0.29) is 16.5 Å². The lowest BCUT2D eigenvalue weighted by molar-refractivity contribution is -0.137. The minimum absolute atomic E-state index is 0.00504. The first-order valence-corrected chi connectivity index (χ1v) is 6.02. The number of hydrogen-bond donors (Lipinski definition) is 1. The Balaban J connectivity index is 2.49. The van der Waals surface area contributed by atoms with E-state index in [1.807, 2.05) is 0 Å². The monoisotopic (exact) mass is 298 g/mol. The Morgan fingerprint density at radius 3 is 2.30 bits per heavy atom. The van der Waals surface area contributed by atoms with Crippen molar-refractivity contribution in [2.75, 3.05) is 0 Å². The summed E-state index contributed by atoms with van der Waals surface area (Å²) in [6, 6.07) is 11.9. The zero-order chi connectivity index (χ0) is 14.8. The first kappa shape index (κ1) is 14.4. The predicted molar refractivity (Wildman–Crippen MR) is 73.3 cm³/mol. The number of alkyl halides is 3. The molecule has 20 heavy (non-hydrogen) atoms. The summed E-state index contributed by atoms with van der Waals surface area (Å²) < 4.78 is 38.7. The minimum atomic E-state index is -4.54. The van der Waals surface area contributed by atoms with Crippen molar-refractivity contribution in [3.05, 3.63) is 64.7 Å². The highest BCUT2D eigenvalue weighted by molar-refractivity contribution is 6.30. The summed E-state index contributed by atoms with van der Waals surface area (Å²) in [6.07, 6.45) is -4.54. The molecular formula is C14H10ClF3N2. The molecular weight excluding hydrogens is 289 g/mol. The first-order chi connectivity index (χ1) is 9.38. The number of rotatable bonds is 2. The fourth-order valence-electron chi connectivity index (χ4n) is 1.64. The van der Waals surface area contributed by atoms with Crippen molar-refractivity contribution in [2.24, 2.45) is 10.7 Å². The van der Waals surface area contributed by atoms with Crippen LogP contribution >= 0.6 is 11.6 Å². The second kappa shape index (κ2) is 5.54. The number of amidine groups is 1. The van der Waals surface area contributed by atoms with Crippen molar-refractivity contribution >= 4 is 23.1 Å². The maximum Gasteiger partial charge on any atom is 0.418 e. The van der Waals surface area contributed by atoms with Gasteiger partial charge in [-0.15, -0.1) is 0 Å². The van der Waals surface area contributed by atoms with Gasteiger partial charge < -0.3 is 5.73 Å². The highest BCUT2D eigenvalue weighted by atomic mass is 35.5. The number of hydrogen-bond acceptors (Lipinski definition) is 1. The van der Waals surface area contributed by atoms with E-state index in [9.17, 15) is 13.2 Å². The van der Waals surface area contributed by atoms with Crippen LogP contribution in [0, 0.1) is 0 Å². The highest BCUT2D eigenvalue weighted by Gasteiger charge is 2.33.